The predicted molar refractivity (Wildman–Crippen MR) is 118 cm³/mol. The summed E-state index contributed by atoms with van der Waals surface area (Å²) in [7, 11) is 0. The molecule has 0 aliphatic rings. The lowest BCUT2D eigenvalue weighted by molar-refractivity contribution is -0.115. The first kappa shape index (κ1) is 20.8. The predicted octanol–water partition coefficient (Wildman–Crippen LogP) is 4.88. The number of rotatable bonds is 7. The second-order valence-electron chi connectivity index (χ2n) is 6.12. The van der Waals surface area contributed by atoms with E-state index in [0.717, 1.165) is 10.0 Å². The van der Waals surface area contributed by atoms with Gasteiger partial charge in [-0.3, -0.25) is 9.36 Å². The minimum Gasteiger partial charge on any atom is -0.324 e. The number of nitriles is 1. The van der Waals surface area contributed by atoms with Crippen LogP contribution < -0.4 is 5.32 Å². The normalized spacial score (nSPS) is 11.5. The Morgan fingerprint density at radius 3 is 2.72 bits per heavy atom. The number of halogens is 1. The van der Waals surface area contributed by atoms with Gasteiger partial charge in [-0.05, 0) is 31.2 Å². The molecule has 1 aromatic heterocycles. The quantitative estimate of drug-likeness (QED) is 0.395. The number of hydrogen-bond donors (Lipinski definition) is 1. The monoisotopic (exact) mass is 467 g/mol. The summed E-state index contributed by atoms with van der Waals surface area (Å²) in [5.74, 6) is 0.498. The molecule has 2 aromatic carbocycles. The van der Waals surface area contributed by atoms with Gasteiger partial charge < -0.3 is 5.32 Å². The van der Waals surface area contributed by atoms with Crippen molar-refractivity contribution in [2.45, 2.75) is 23.9 Å². The van der Waals surface area contributed by atoms with E-state index in [-0.39, 0.29) is 5.91 Å². The van der Waals surface area contributed by atoms with Gasteiger partial charge in [0.25, 0.3) is 0 Å². The number of nitrogens with one attached hydrogen (secondary N) is 1. The molecule has 1 heterocycles. The molecule has 0 spiro atoms. The van der Waals surface area contributed by atoms with Crippen LogP contribution in [0.2, 0.25) is 0 Å². The number of allylic oxidation sites excluding steroid dienone is 1. The van der Waals surface area contributed by atoms with Gasteiger partial charge in [0.05, 0.1) is 16.5 Å². The van der Waals surface area contributed by atoms with Crippen molar-refractivity contribution >= 4 is 39.3 Å². The van der Waals surface area contributed by atoms with Crippen LogP contribution in [0.3, 0.4) is 0 Å². The molecule has 3 aromatic rings. The van der Waals surface area contributed by atoms with E-state index in [1.807, 2.05) is 28.8 Å². The number of thioether (sulfide) groups is 1. The van der Waals surface area contributed by atoms with Crippen LogP contribution in [0.15, 0.2) is 70.8 Å². The van der Waals surface area contributed by atoms with E-state index >= 15 is 0 Å². The van der Waals surface area contributed by atoms with Crippen LogP contribution >= 0.6 is 27.7 Å². The van der Waals surface area contributed by atoms with Crippen molar-refractivity contribution in [1.82, 2.24) is 14.8 Å². The lowest BCUT2D eigenvalue weighted by Gasteiger charge is -2.13. The lowest BCUT2D eigenvalue weighted by atomic mass is 10.2. The largest absolute Gasteiger partial charge is 0.324 e. The third kappa shape index (κ3) is 4.94. The van der Waals surface area contributed by atoms with Crippen molar-refractivity contribution < 1.29 is 4.79 Å². The zero-order valence-corrected chi connectivity index (χ0v) is 18.1. The molecule has 146 valence electrons. The van der Waals surface area contributed by atoms with Crippen molar-refractivity contribution in [3.05, 3.63) is 71.2 Å². The first-order valence-corrected chi connectivity index (χ1v) is 10.5. The molecule has 0 saturated heterocycles. The Labute approximate surface area is 181 Å². The Kier molecular flexibility index (Phi) is 6.86. The maximum Gasteiger partial charge on any atom is 0.237 e. The van der Waals surface area contributed by atoms with Crippen LogP contribution in [0.4, 0.5) is 5.69 Å². The van der Waals surface area contributed by atoms with Crippen molar-refractivity contribution in [3.63, 3.8) is 0 Å². The van der Waals surface area contributed by atoms with E-state index in [9.17, 15) is 10.1 Å². The minimum atomic E-state index is -0.438. The molecule has 1 atom stereocenters. The Hall–Kier alpha value is -2.89. The maximum absolute atomic E-state index is 12.6. The average Bonchev–Trinajstić information content (AvgIpc) is 3.11. The molecule has 3 rings (SSSR count). The number of benzene rings is 2. The summed E-state index contributed by atoms with van der Waals surface area (Å²) in [5.41, 5.74) is 1.84. The molecular formula is C21H18BrN5OS. The van der Waals surface area contributed by atoms with Crippen LogP contribution in [-0.2, 0) is 11.3 Å². The number of aromatic nitrogens is 3. The number of carbonyl (C=O) groups is 1. The minimum absolute atomic E-state index is 0.212. The zero-order valence-electron chi connectivity index (χ0n) is 15.7. The Bertz CT molecular complexity index is 1070. The third-order valence-corrected chi connectivity index (χ3v) is 5.70. The highest BCUT2D eigenvalue weighted by Crippen LogP contribution is 2.28. The fraction of sp³-hybridized carbons (Fsp3) is 0.143. The van der Waals surface area contributed by atoms with Gasteiger partial charge in [-0.1, -0.05) is 58.0 Å². The third-order valence-electron chi connectivity index (χ3n) is 4.09. The number of amides is 1. The molecule has 8 heteroatoms. The smallest absolute Gasteiger partial charge is 0.237 e. The average molecular weight is 468 g/mol. The first-order valence-electron chi connectivity index (χ1n) is 8.80. The molecule has 0 fully saturated rings. The van der Waals surface area contributed by atoms with Gasteiger partial charge in [0, 0.05) is 16.6 Å². The van der Waals surface area contributed by atoms with E-state index in [4.69, 9.17) is 0 Å². The number of anilines is 1. The number of hydrogen-bond acceptors (Lipinski definition) is 5. The zero-order chi connectivity index (χ0) is 20.8. The van der Waals surface area contributed by atoms with E-state index in [2.05, 4.69) is 44.1 Å². The van der Waals surface area contributed by atoms with Gasteiger partial charge in [-0.15, -0.1) is 16.8 Å². The second-order valence-corrected chi connectivity index (χ2v) is 8.34. The van der Waals surface area contributed by atoms with Crippen LogP contribution in [0.1, 0.15) is 12.5 Å². The molecule has 6 nitrogen and oxygen atoms in total. The lowest BCUT2D eigenvalue weighted by Crippen LogP contribution is -2.23. The summed E-state index contributed by atoms with van der Waals surface area (Å²) in [5, 5.41) is 20.8. The van der Waals surface area contributed by atoms with Gasteiger partial charge in [0.1, 0.15) is 6.07 Å². The Morgan fingerprint density at radius 1 is 1.31 bits per heavy atom. The summed E-state index contributed by atoms with van der Waals surface area (Å²) >= 11 is 4.74. The molecule has 1 N–H and O–H groups in total. The molecule has 0 aliphatic carbocycles. The molecule has 0 saturated carbocycles. The van der Waals surface area contributed by atoms with Crippen molar-refractivity contribution in [1.29, 1.82) is 5.26 Å². The van der Waals surface area contributed by atoms with E-state index in [0.29, 0.717) is 28.8 Å². The van der Waals surface area contributed by atoms with Crippen molar-refractivity contribution in [3.8, 4) is 17.5 Å². The summed E-state index contributed by atoms with van der Waals surface area (Å²) in [4.78, 5) is 12.6. The van der Waals surface area contributed by atoms with Crippen LogP contribution in [0.5, 0.6) is 0 Å². The highest BCUT2D eigenvalue weighted by molar-refractivity contribution is 9.10. The topological polar surface area (TPSA) is 83.6 Å². The summed E-state index contributed by atoms with van der Waals surface area (Å²) < 4.78 is 2.90. The van der Waals surface area contributed by atoms with Crippen LogP contribution in [-0.4, -0.2) is 25.9 Å². The standard InChI is InChI=1S/C21H18BrN5OS/c1-3-12-27-19(15-8-10-17(22)11-9-15)25-26-21(27)29-14(2)20(28)24-18-7-5-4-6-16(18)13-23/h3-11,14H,1,12H2,2H3,(H,24,28). The van der Waals surface area contributed by atoms with Crippen LogP contribution in [0.25, 0.3) is 11.4 Å². The number of carbonyl (C=O) groups excluding carboxylic acids is 1. The Morgan fingerprint density at radius 2 is 2.03 bits per heavy atom. The second kappa shape index (κ2) is 9.54. The van der Waals surface area contributed by atoms with E-state index < -0.39 is 5.25 Å². The summed E-state index contributed by atoms with van der Waals surface area (Å²) in [6.07, 6.45) is 1.77. The number of para-hydroxylation sites is 1. The molecule has 29 heavy (non-hydrogen) atoms. The molecule has 1 amide bonds. The molecule has 0 bridgehead atoms. The molecular weight excluding hydrogens is 450 g/mol. The van der Waals surface area contributed by atoms with Gasteiger partial charge in [0.15, 0.2) is 11.0 Å². The summed E-state index contributed by atoms with van der Waals surface area (Å²) in [6, 6.07) is 16.8. The van der Waals surface area contributed by atoms with Gasteiger partial charge in [0.2, 0.25) is 5.91 Å². The highest BCUT2D eigenvalue weighted by atomic mass is 79.9. The fourth-order valence-corrected chi connectivity index (χ4v) is 3.74. The van der Waals surface area contributed by atoms with E-state index in [1.54, 1.807) is 37.3 Å². The molecule has 0 radical (unpaired) electrons. The maximum atomic E-state index is 12.6. The van der Waals surface area contributed by atoms with Gasteiger partial charge >= 0.3 is 0 Å². The summed E-state index contributed by atoms with van der Waals surface area (Å²) in [6.45, 7) is 6.12. The highest BCUT2D eigenvalue weighted by Gasteiger charge is 2.21. The Balaban J connectivity index is 1.80. The first-order chi connectivity index (χ1) is 14.0. The van der Waals surface area contributed by atoms with Crippen LogP contribution in [0, 0.1) is 11.3 Å². The van der Waals surface area contributed by atoms with Crippen molar-refractivity contribution in [2.24, 2.45) is 0 Å². The van der Waals surface area contributed by atoms with Gasteiger partial charge in [-0.2, -0.15) is 5.26 Å². The van der Waals surface area contributed by atoms with E-state index in [1.165, 1.54) is 11.8 Å². The molecule has 1 unspecified atom stereocenters. The number of nitrogens with zero attached hydrogens (tertiary/aromatic N) is 4. The molecule has 0 aliphatic heterocycles. The van der Waals surface area contributed by atoms with Crippen molar-refractivity contribution in [2.75, 3.05) is 5.32 Å². The fourth-order valence-electron chi connectivity index (χ4n) is 2.62. The SMILES string of the molecule is C=CCn1c(SC(C)C(=O)Nc2ccccc2C#N)nnc1-c1ccc(Br)cc1. The van der Waals surface area contributed by atoms with Gasteiger partial charge in [-0.25, -0.2) is 0 Å².